The molecule has 0 saturated carbocycles. The van der Waals surface area contributed by atoms with E-state index in [-0.39, 0.29) is 23.7 Å². The van der Waals surface area contributed by atoms with E-state index >= 15 is 0 Å². The Morgan fingerprint density at radius 1 is 1.38 bits per heavy atom. The van der Waals surface area contributed by atoms with Crippen molar-refractivity contribution in [1.29, 1.82) is 0 Å². The summed E-state index contributed by atoms with van der Waals surface area (Å²) < 4.78 is 15.7. The lowest BCUT2D eigenvalue weighted by molar-refractivity contribution is -0.116. The van der Waals surface area contributed by atoms with Crippen LogP contribution in [0, 0.1) is 5.82 Å². The Bertz CT molecular complexity index is 945. The third kappa shape index (κ3) is 2.75. The van der Waals surface area contributed by atoms with Gasteiger partial charge in [0.05, 0.1) is 17.9 Å². The van der Waals surface area contributed by atoms with Gasteiger partial charge < -0.3 is 19.9 Å². The van der Waals surface area contributed by atoms with E-state index in [1.807, 2.05) is 28.8 Å². The van der Waals surface area contributed by atoms with Gasteiger partial charge in [0.25, 0.3) is 5.91 Å². The number of imidazole rings is 1. The van der Waals surface area contributed by atoms with Crippen molar-refractivity contribution in [2.75, 3.05) is 7.05 Å². The fraction of sp³-hybridized carbons (Fsp3) is 0.263. The van der Waals surface area contributed by atoms with Crippen LogP contribution in [0.2, 0.25) is 0 Å². The van der Waals surface area contributed by atoms with E-state index in [9.17, 15) is 14.3 Å². The molecule has 26 heavy (non-hydrogen) atoms. The number of carbonyl (C=O) groups is 1. The van der Waals surface area contributed by atoms with Gasteiger partial charge >= 0.3 is 0 Å². The van der Waals surface area contributed by atoms with Gasteiger partial charge in [-0.15, -0.1) is 0 Å². The van der Waals surface area contributed by atoms with E-state index in [2.05, 4.69) is 10.3 Å². The smallest absolute Gasteiger partial charge is 0.258 e. The Labute approximate surface area is 150 Å². The zero-order valence-corrected chi connectivity index (χ0v) is 14.4. The molecule has 1 aromatic heterocycles. The molecule has 2 N–H and O–H groups in total. The van der Waals surface area contributed by atoms with Gasteiger partial charge in [0.2, 0.25) is 0 Å². The Balaban J connectivity index is 1.62. The third-order valence-corrected chi connectivity index (χ3v) is 4.68. The van der Waals surface area contributed by atoms with Crippen LogP contribution < -0.4 is 5.32 Å². The van der Waals surface area contributed by atoms with Crippen molar-refractivity contribution >= 4 is 17.6 Å². The maximum Gasteiger partial charge on any atom is 0.258 e. The van der Waals surface area contributed by atoms with Crippen molar-refractivity contribution in [1.82, 2.24) is 19.8 Å². The van der Waals surface area contributed by atoms with Crippen LogP contribution in [0.1, 0.15) is 29.2 Å². The van der Waals surface area contributed by atoms with Crippen molar-refractivity contribution in [3.8, 4) is 0 Å². The summed E-state index contributed by atoms with van der Waals surface area (Å²) in [6.07, 6.45) is 4.29. The van der Waals surface area contributed by atoms with Crippen molar-refractivity contribution in [2.45, 2.75) is 26.1 Å². The Hall–Kier alpha value is -3.09. The minimum absolute atomic E-state index is 0.0169. The Kier molecular flexibility index (Phi) is 3.99. The number of fused-ring (bicyclic) bond motifs is 3. The molecule has 3 heterocycles. The molecular formula is C19H19FN4O2. The summed E-state index contributed by atoms with van der Waals surface area (Å²) in [5.41, 5.74) is 2.39. The van der Waals surface area contributed by atoms with Crippen LogP contribution in [-0.2, 0) is 24.4 Å². The van der Waals surface area contributed by atoms with Crippen LogP contribution in [-0.4, -0.2) is 32.5 Å². The van der Waals surface area contributed by atoms with E-state index < -0.39 is 5.91 Å². The van der Waals surface area contributed by atoms with Crippen molar-refractivity contribution in [3.63, 3.8) is 0 Å². The van der Waals surface area contributed by atoms with Crippen molar-refractivity contribution in [3.05, 3.63) is 64.8 Å². The number of hydrogen-bond acceptors (Lipinski definition) is 4. The minimum Gasteiger partial charge on any atom is -0.511 e. The number of amides is 1. The van der Waals surface area contributed by atoms with Crippen molar-refractivity contribution in [2.24, 2.45) is 0 Å². The topological polar surface area (TPSA) is 70.4 Å². The highest BCUT2D eigenvalue weighted by molar-refractivity contribution is 6.19. The first-order valence-electron chi connectivity index (χ1n) is 8.46. The Morgan fingerprint density at radius 2 is 2.19 bits per heavy atom. The highest BCUT2D eigenvalue weighted by Crippen LogP contribution is 2.30. The number of aliphatic hydroxyl groups is 1. The van der Waals surface area contributed by atoms with Crippen LogP contribution in [0.25, 0.3) is 11.6 Å². The van der Waals surface area contributed by atoms with Crippen LogP contribution in [0.5, 0.6) is 0 Å². The van der Waals surface area contributed by atoms with Gasteiger partial charge in [-0.25, -0.2) is 9.37 Å². The molecule has 0 bridgehead atoms. The van der Waals surface area contributed by atoms with Gasteiger partial charge in [0, 0.05) is 38.3 Å². The summed E-state index contributed by atoms with van der Waals surface area (Å²) in [5, 5.41) is 13.0. The standard InChI is InChI=1S/C19H19FN4O2/c1-23-8-6-15-14(11-23)22-18-17(16(25)7-9-24(15)18)19(26)21-10-12-4-2-3-5-13(12)20/h2-6,8,25H,7,9-11H2,1H3,(H,21,26). The first-order valence-corrected chi connectivity index (χ1v) is 8.46. The molecule has 0 atom stereocenters. The SMILES string of the molecule is CN1C=Cc2c(nc3n2CCC(O)=C3C(=O)NCc2ccccc2F)C1. The molecule has 0 fully saturated rings. The molecule has 0 aliphatic carbocycles. The first-order chi connectivity index (χ1) is 12.5. The molecule has 0 unspecified atom stereocenters. The number of carbonyl (C=O) groups excluding carboxylic acids is 1. The monoisotopic (exact) mass is 354 g/mol. The molecule has 2 aliphatic heterocycles. The fourth-order valence-electron chi connectivity index (χ4n) is 3.33. The summed E-state index contributed by atoms with van der Waals surface area (Å²) in [5.74, 6) is -0.348. The molecule has 1 amide bonds. The lowest BCUT2D eigenvalue weighted by Crippen LogP contribution is -2.28. The molecule has 0 saturated heterocycles. The van der Waals surface area contributed by atoms with Gasteiger partial charge in [0.1, 0.15) is 23.0 Å². The molecule has 2 aliphatic rings. The number of nitrogens with one attached hydrogen (secondary N) is 1. The second-order valence-electron chi connectivity index (χ2n) is 6.50. The van der Waals surface area contributed by atoms with Crippen molar-refractivity contribution < 1.29 is 14.3 Å². The quantitative estimate of drug-likeness (QED) is 0.888. The molecule has 1 aromatic carbocycles. The minimum atomic E-state index is -0.452. The number of aromatic nitrogens is 2. The lowest BCUT2D eigenvalue weighted by atomic mass is 10.1. The largest absolute Gasteiger partial charge is 0.511 e. The van der Waals surface area contributed by atoms with E-state index in [4.69, 9.17) is 0 Å². The average Bonchev–Trinajstić information content (AvgIpc) is 2.97. The van der Waals surface area contributed by atoms with Gasteiger partial charge in [-0.2, -0.15) is 0 Å². The maximum atomic E-state index is 13.7. The maximum absolute atomic E-state index is 13.7. The highest BCUT2D eigenvalue weighted by Gasteiger charge is 2.30. The molecule has 0 radical (unpaired) electrons. The summed E-state index contributed by atoms with van der Waals surface area (Å²) in [6.45, 7) is 1.27. The molecular weight excluding hydrogens is 335 g/mol. The van der Waals surface area contributed by atoms with Gasteiger partial charge in [0.15, 0.2) is 0 Å². The summed E-state index contributed by atoms with van der Waals surface area (Å²) in [4.78, 5) is 19.3. The van der Waals surface area contributed by atoms with E-state index in [1.54, 1.807) is 18.2 Å². The predicted molar refractivity (Wildman–Crippen MR) is 95.1 cm³/mol. The van der Waals surface area contributed by atoms with E-state index in [0.29, 0.717) is 30.9 Å². The number of halogens is 1. The second-order valence-corrected chi connectivity index (χ2v) is 6.50. The fourth-order valence-corrected chi connectivity index (χ4v) is 3.33. The average molecular weight is 354 g/mol. The normalized spacial score (nSPS) is 15.7. The number of nitrogens with zero attached hydrogens (tertiary/aromatic N) is 3. The van der Waals surface area contributed by atoms with E-state index in [0.717, 1.165) is 11.4 Å². The number of hydrogen-bond donors (Lipinski definition) is 2. The third-order valence-electron chi connectivity index (χ3n) is 4.68. The first kappa shape index (κ1) is 16.4. The van der Waals surface area contributed by atoms with Gasteiger partial charge in [-0.05, 0) is 12.1 Å². The molecule has 0 spiro atoms. The molecule has 134 valence electrons. The van der Waals surface area contributed by atoms with Gasteiger partial charge in [-0.1, -0.05) is 18.2 Å². The lowest BCUT2D eigenvalue weighted by Gasteiger charge is -2.21. The molecule has 4 rings (SSSR count). The van der Waals surface area contributed by atoms with Crippen LogP contribution >= 0.6 is 0 Å². The zero-order valence-electron chi connectivity index (χ0n) is 14.4. The number of rotatable bonds is 3. The summed E-state index contributed by atoms with van der Waals surface area (Å²) in [6, 6.07) is 6.28. The number of aliphatic hydroxyl groups excluding tert-OH is 1. The highest BCUT2D eigenvalue weighted by atomic mass is 19.1. The summed E-state index contributed by atoms with van der Waals surface area (Å²) >= 11 is 0. The molecule has 6 nitrogen and oxygen atoms in total. The van der Waals surface area contributed by atoms with Crippen LogP contribution in [0.3, 0.4) is 0 Å². The Morgan fingerprint density at radius 3 is 3.00 bits per heavy atom. The van der Waals surface area contributed by atoms with Crippen LogP contribution in [0.15, 0.2) is 36.2 Å². The summed E-state index contributed by atoms with van der Waals surface area (Å²) in [7, 11) is 1.95. The second kappa shape index (κ2) is 6.33. The molecule has 2 aromatic rings. The predicted octanol–water partition coefficient (Wildman–Crippen LogP) is 2.43. The zero-order chi connectivity index (χ0) is 18.3. The van der Waals surface area contributed by atoms with Crippen LogP contribution in [0.4, 0.5) is 4.39 Å². The number of benzene rings is 1. The van der Waals surface area contributed by atoms with E-state index in [1.165, 1.54) is 6.07 Å². The number of allylic oxidation sites excluding steroid dienone is 1. The van der Waals surface area contributed by atoms with Gasteiger partial charge in [-0.3, -0.25) is 4.79 Å². The molecule has 7 heteroatoms.